The highest BCUT2D eigenvalue weighted by Crippen LogP contribution is 2.55. The summed E-state index contributed by atoms with van der Waals surface area (Å²) < 4.78 is 26.5. The molecule has 11 heteroatoms. The van der Waals surface area contributed by atoms with E-state index in [1.165, 1.54) is 23.2 Å². The lowest BCUT2D eigenvalue weighted by atomic mass is 9.64. The zero-order valence-electron chi connectivity index (χ0n) is 24.2. The lowest BCUT2D eigenvalue weighted by Gasteiger charge is -2.37. The molecule has 1 saturated carbocycles. The van der Waals surface area contributed by atoms with Crippen molar-refractivity contribution >= 4 is 34.3 Å². The molecule has 2 aromatic heterocycles. The number of benzene rings is 1. The fourth-order valence-corrected chi connectivity index (χ4v) is 5.60. The van der Waals surface area contributed by atoms with Crippen LogP contribution in [0, 0.1) is 10.7 Å². The number of anilines is 1. The van der Waals surface area contributed by atoms with E-state index in [0.717, 1.165) is 30.5 Å². The van der Waals surface area contributed by atoms with E-state index < -0.39 is 22.9 Å². The highest BCUT2D eigenvalue weighted by atomic mass is 19.1. The predicted octanol–water partition coefficient (Wildman–Crippen LogP) is 6.26. The van der Waals surface area contributed by atoms with Gasteiger partial charge in [-0.05, 0) is 64.8 Å². The third kappa shape index (κ3) is 4.98. The van der Waals surface area contributed by atoms with E-state index in [1.54, 1.807) is 45.0 Å². The Morgan fingerprint density at radius 2 is 1.93 bits per heavy atom. The van der Waals surface area contributed by atoms with Crippen LogP contribution in [0.4, 0.5) is 20.6 Å². The number of rotatable bonds is 7. The first-order valence-electron chi connectivity index (χ1n) is 13.7. The van der Waals surface area contributed by atoms with Crippen LogP contribution >= 0.6 is 0 Å². The zero-order chi connectivity index (χ0) is 29.7. The SMILES string of the molecule is CC(C)N(CCOc1ncc(-c2cc3c4c(cnc3cc2F)N(C)C(=O)C42CCC2)cc1N=O)C(=O)OC(C)(C)C. The van der Waals surface area contributed by atoms with Crippen LogP contribution < -0.4 is 9.64 Å². The Balaban J connectivity index is 1.42. The first kappa shape index (κ1) is 28.4. The van der Waals surface area contributed by atoms with Crippen LogP contribution in [0.5, 0.6) is 5.88 Å². The summed E-state index contributed by atoms with van der Waals surface area (Å²) in [7, 11) is 1.74. The molecule has 0 N–H and O–H groups in total. The van der Waals surface area contributed by atoms with E-state index in [0.29, 0.717) is 16.5 Å². The number of nitrogens with zero attached hydrogens (tertiary/aromatic N) is 5. The van der Waals surface area contributed by atoms with Gasteiger partial charge < -0.3 is 19.3 Å². The molecule has 216 valence electrons. The van der Waals surface area contributed by atoms with Gasteiger partial charge in [-0.3, -0.25) is 9.78 Å². The van der Waals surface area contributed by atoms with Gasteiger partial charge >= 0.3 is 6.09 Å². The maximum atomic E-state index is 15.4. The second kappa shape index (κ2) is 10.4. The van der Waals surface area contributed by atoms with Gasteiger partial charge in [-0.15, -0.1) is 4.91 Å². The number of halogens is 1. The van der Waals surface area contributed by atoms with Gasteiger partial charge in [-0.2, -0.15) is 0 Å². The lowest BCUT2D eigenvalue weighted by molar-refractivity contribution is -0.125. The molecular formula is C30H34FN5O5. The van der Waals surface area contributed by atoms with Crippen molar-refractivity contribution in [2.24, 2.45) is 5.18 Å². The molecule has 1 aliphatic carbocycles. The summed E-state index contributed by atoms with van der Waals surface area (Å²) in [6, 6.07) is 4.29. The van der Waals surface area contributed by atoms with E-state index in [4.69, 9.17) is 9.47 Å². The molecule has 3 heterocycles. The first-order valence-corrected chi connectivity index (χ1v) is 13.7. The molecule has 10 nitrogen and oxygen atoms in total. The second-order valence-corrected chi connectivity index (χ2v) is 11.9. The summed E-state index contributed by atoms with van der Waals surface area (Å²) in [5.74, 6) is -0.527. The second-order valence-electron chi connectivity index (χ2n) is 11.9. The lowest BCUT2D eigenvalue weighted by Crippen LogP contribution is -2.43. The molecule has 1 aromatic carbocycles. The summed E-state index contributed by atoms with van der Waals surface area (Å²) in [5, 5.41) is 3.76. The number of carbonyl (C=O) groups excluding carboxylic acids is 2. The highest BCUT2D eigenvalue weighted by molar-refractivity contribution is 6.13. The largest absolute Gasteiger partial charge is 0.474 e. The summed E-state index contributed by atoms with van der Waals surface area (Å²) >= 11 is 0. The monoisotopic (exact) mass is 563 g/mol. The van der Waals surface area contributed by atoms with Crippen molar-refractivity contribution in [1.29, 1.82) is 0 Å². The molecule has 0 unspecified atom stereocenters. The van der Waals surface area contributed by atoms with Crippen molar-refractivity contribution in [2.45, 2.75) is 70.9 Å². The summed E-state index contributed by atoms with van der Waals surface area (Å²) in [5.41, 5.74) is 1.27. The zero-order valence-corrected chi connectivity index (χ0v) is 24.2. The van der Waals surface area contributed by atoms with Crippen LogP contribution in [0.15, 0.2) is 35.8 Å². The average Bonchev–Trinajstić information content (AvgIpc) is 3.12. The molecule has 2 amide bonds. The minimum absolute atomic E-state index is 0.0268. The number of fused-ring (bicyclic) bond motifs is 4. The number of carbonyl (C=O) groups is 2. The minimum atomic E-state index is -0.644. The maximum absolute atomic E-state index is 15.4. The standard InChI is InChI=1S/C30H34FN5O5/c1-17(2)36(28(38)41-29(3,4)5)10-11-40-26-23(34-39)12-18(15-33-26)19-13-20-22(14-21(19)31)32-16-24-25(20)30(8-7-9-30)27(37)35(24)6/h12-17H,7-11H2,1-6H3. The fraction of sp³-hybridized carbons (Fsp3) is 0.467. The molecule has 0 atom stereocenters. The van der Waals surface area contributed by atoms with Crippen LogP contribution in [-0.4, -0.2) is 58.7 Å². The molecule has 0 saturated heterocycles. The van der Waals surface area contributed by atoms with Crippen molar-refractivity contribution in [3.63, 3.8) is 0 Å². The molecule has 0 bridgehead atoms. The predicted molar refractivity (Wildman–Crippen MR) is 153 cm³/mol. The van der Waals surface area contributed by atoms with Crippen LogP contribution in [0.2, 0.25) is 0 Å². The molecule has 3 aromatic rings. The molecule has 5 rings (SSSR count). The maximum Gasteiger partial charge on any atom is 0.410 e. The van der Waals surface area contributed by atoms with E-state index in [9.17, 15) is 14.5 Å². The molecule has 1 spiro atoms. The highest BCUT2D eigenvalue weighted by Gasteiger charge is 2.54. The van der Waals surface area contributed by atoms with Crippen molar-refractivity contribution in [3.05, 3.63) is 46.9 Å². The average molecular weight is 564 g/mol. The van der Waals surface area contributed by atoms with Gasteiger partial charge in [0, 0.05) is 47.4 Å². The Morgan fingerprint density at radius 1 is 1.20 bits per heavy atom. The van der Waals surface area contributed by atoms with Gasteiger partial charge in [0.1, 0.15) is 18.0 Å². The number of hydrogen-bond acceptors (Lipinski definition) is 8. The van der Waals surface area contributed by atoms with Gasteiger partial charge in [-0.1, -0.05) is 6.42 Å². The fourth-order valence-electron chi connectivity index (χ4n) is 5.60. The van der Waals surface area contributed by atoms with Crippen LogP contribution in [-0.2, 0) is 14.9 Å². The Morgan fingerprint density at radius 3 is 2.54 bits per heavy atom. The summed E-state index contributed by atoms with van der Waals surface area (Å²) in [6.07, 6.45) is 5.00. The van der Waals surface area contributed by atoms with E-state index in [1.807, 2.05) is 13.8 Å². The van der Waals surface area contributed by atoms with Gasteiger partial charge in [-0.25, -0.2) is 14.2 Å². The van der Waals surface area contributed by atoms with Gasteiger partial charge in [0.05, 0.1) is 29.4 Å². The van der Waals surface area contributed by atoms with Gasteiger partial charge in [0.15, 0.2) is 5.69 Å². The van der Waals surface area contributed by atoms with Crippen LogP contribution in [0.25, 0.3) is 22.0 Å². The van der Waals surface area contributed by atoms with Crippen molar-refractivity contribution in [3.8, 4) is 17.0 Å². The van der Waals surface area contributed by atoms with Crippen LogP contribution in [0.1, 0.15) is 59.4 Å². The number of pyridine rings is 2. The van der Waals surface area contributed by atoms with Gasteiger partial charge in [0.25, 0.3) is 0 Å². The number of amides is 2. The Kier molecular flexibility index (Phi) is 7.17. The Bertz CT molecular complexity index is 1550. The van der Waals surface area contributed by atoms with E-state index in [2.05, 4.69) is 15.1 Å². The Hall–Kier alpha value is -4.15. The van der Waals surface area contributed by atoms with Crippen molar-refractivity contribution in [2.75, 3.05) is 25.1 Å². The van der Waals surface area contributed by atoms with Crippen molar-refractivity contribution < 1.29 is 23.5 Å². The molecule has 1 aliphatic heterocycles. The molecule has 0 radical (unpaired) electrons. The van der Waals surface area contributed by atoms with E-state index >= 15 is 4.39 Å². The smallest absolute Gasteiger partial charge is 0.410 e. The van der Waals surface area contributed by atoms with Crippen molar-refractivity contribution in [1.82, 2.24) is 14.9 Å². The molecule has 41 heavy (non-hydrogen) atoms. The minimum Gasteiger partial charge on any atom is -0.474 e. The van der Waals surface area contributed by atoms with Crippen LogP contribution in [0.3, 0.4) is 0 Å². The quantitative estimate of drug-likeness (QED) is 0.312. The number of aromatic nitrogens is 2. The molecule has 2 aliphatic rings. The number of likely N-dealkylation sites (N-methyl/N-ethyl adjacent to an activating group) is 1. The number of nitroso groups, excluding NO2 is 1. The normalized spacial score (nSPS) is 15.7. The first-order chi connectivity index (χ1) is 19.4. The third-order valence-corrected chi connectivity index (χ3v) is 7.76. The van der Waals surface area contributed by atoms with Gasteiger partial charge in [0.2, 0.25) is 11.8 Å². The molecule has 1 fully saturated rings. The number of hydrogen-bond donors (Lipinski definition) is 0. The topological polar surface area (TPSA) is 114 Å². The molecular weight excluding hydrogens is 529 g/mol. The Labute approximate surface area is 237 Å². The third-order valence-electron chi connectivity index (χ3n) is 7.76. The van der Waals surface area contributed by atoms with E-state index in [-0.39, 0.29) is 42.2 Å². The summed E-state index contributed by atoms with van der Waals surface area (Å²) in [4.78, 5) is 49.3. The summed E-state index contributed by atoms with van der Waals surface area (Å²) in [6.45, 7) is 9.33. The number of ether oxygens (including phenoxy) is 2.